The first-order valence-corrected chi connectivity index (χ1v) is 10.2. The summed E-state index contributed by atoms with van der Waals surface area (Å²) in [6.45, 7) is 5.24. The largest absolute Gasteiger partial charge is 0.350 e. The second-order valence-corrected chi connectivity index (χ2v) is 8.05. The number of carbonyl (C=O) groups excluding carboxylic acids is 1. The van der Waals surface area contributed by atoms with Gasteiger partial charge < -0.3 is 5.32 Å². The van der Waals surface area contributed by atoms with Crippen LogP contribution in [0.4, 0.5) is 0 Å². The Kier molecular flexibility index (Phi) is 6.74. The van der Waals surface area contributed by atoms with Gasteiger partial charge in [0.05, 0.1) is 17.0 Å². The lowest BCUT2D eigenvalue weighted by Gasteiger charge is -2.19. The molecule has 0 saturated carbocycles. The van der Waals surface area contributed by atoms with E-state index in [9.17, 15) is 13.2 Å². The highest BCUT2D eigenvalue weighted by atomic mass is 79.9. The predicted molar refractivity (Wildman–Crippen MR) is 98.8 cm³/mol. The fourth-order valence-electron chi connectivity index (χ4n) is 2.36. The number of hydrogen-bond acceptors (Lipinski definition) is 4. The van der Waals surface area contributed by atoms with E-state index in [1.54, 1.807) is 43.1 Å². The van der Waals surface area contributed by atoms with Gasteiger partial charge in [0.2, 0.25) is 10.0 Å². The minimum absolute atomic E-state index is 0.108. The van der Waals surface area contributed by atoms with Crippen LogP contribution in [0.3, 0.4) is 0 Å². The van der Waals surface area contributed by atoms with Gasteiger partial charge in [-0.1, -0.05) is 13.8 Å². The lowest BCUT2D eigenvalue weighted by Crippen LogP contribution is -2.31. The van der Waals surface area contributed by atoms with Gasteiger partial charge in [-0.25, -0.2) is 8.42 Å². The van der Waals surface area contributed by atoms with Crippen molar-refractivity contribution in [2.75, 3.05) is 19.6 Å². The number of benzene rings is 1. The number of amides is 1. The lowest BCUT2D eigenvalue weighted by atomic mass is 10.2. The Balaban J connectivity index is 2.16. The third-order valence-corrected chi connectivity index (χ3v) is 6.45. The number of rotatable bonds is 8. The van der Waals surface area contributed by atoms with Crippen molar-refractivity contribution in [1.82, 2.24) is 19.4 Å². The zero-order chi connectivity index (χ0) is 18.4. The molecule has 2 rings (SSSR count). The highest BCUT2D eigenvalue weighted by Gasteiger charge is 2.23. The first-order chi connectivity index (χ1) is 11.9. The maximum Gasteiger partial charge on any atom is 0.252 e. The smallest absolute Gasteiger partial charge is 0.252 e. The molecule has 0 atom stereocenters. The Morgan fingerprint density at radius 1 is 1.32 bits per heavy atom. The van der Waals surface area contributed by atoms with Crippen molar-refractivity contribution >= 4 is 31.9 Å². The summed E-state index contributed by atoms with van der Waals surface area (Å²) in [5.74, 6) is -0.337. The Morgan fingerprint density at radius 3 is 2.64 bits per heavy atom. The first-order valence-electron chi connectivity index (χ1n) is 7.95. The van der Waals surface area contributed by atoms with Crippen molar-refractivity contribution < 1.29 is 13.2 Å². The third kappa shape index (κ3) is 4.68. The summed E-state index contributed by atoms with van der Waals surface area (Å²) in [4.78, 5) is 12.5. The van der Waals surface area contributed by atoms with E-state index in [0.717, 1.165) is 0 Å². The topological polar surface area (TPSA) is 84.3 Å². The fourth-order valence-corrected chi connectivity index (χ4v) is 4.27. The number of aromatic nitrogens is 2. The number of sulfonamides is 1. The predicted octanol–water partition coefficient (Wildman–Crippen LogP) is 2.11. The average molecular weight is 429 g/mol. The zero-order valence-corrected chi connectivity index (χ0v) is 16.5. The molecule has 0 aliphatic carbocycles. The van der Waals surface area contributed by atoms with Crippen molar-refractivity contribution in [1.29, 1.82) is 0 Å². The Morgan fingerprint density at radius 2 is 2.04 bits per heavy atom. The zero-order valence-electron chi connectivity index (χ0n) is 14.1. The number of halogens is 1. The summed E-state index contributed by atoms with van der Waals surface area (Å²) in [5, 5.41) is 6.83. The van der Waals surface area contributed by atoms with Crippen LogP contribution in [-0.4, -0.2) is 48.0 Å². The lowest BCUT2D eigenvalue weighted by molar-refractivity contribution is 0.0951. The van der Waals surface area contributed by atoms with Crippen molar-refractivity contribution in [2.45, 2.75) is 25.3 Å². The fraction of sp³-hybridized carbons (Fsp3) is 0.375. The molecule has 1 aromatic carbocycles. The van der Waals surface area contributed by atoms with Crippen LogP contribution < -0.4 is 5.32 Å². The van der Waals surface area contributed by atoms with Crippen LogP contribution >= 0.6 is 15.9 Å². The molecule has 1 amide bonds. The molecule has 0 radical (unpaired) electrons. The Labute approximate surface area is 156 Å². The molecule has 25 heavy (non-hydrogen) atoms. The average Bonchev–Trinajstić information content (AvgIpc) is 3.09. The molecule has 1 N–H and O–H groups in total. The van der Waals surface area contributed by atoms with Crippen LogP contribution in [0.5, 0.6) is 0 Å². The van der Waals surface area contributed by atoms with Crippen LogP contribution in [0.2, 0.25) is 0 Å². The maximum atomic E-state index is 12.6. The molecule has 0 aliphatic rings. The standard InChI is InChI=1S/C16H21BrN4O3S/c1-3-21(4-2)25(23,24)13-6-7-15(17)14(12-13)16(22)18-9-11-20-10-5-8-19-20/h5-8,10,12H,3-4,9,11H2,1-2H3,(H,18,22). The number of nitrogens with zero attached hydrogens (tertiary/aromatic N) is 3. The van der Waals surface area contributed by atoms with Crippen LogP contribution in [0, 0.1) is 0 Å². The monoisotopic (exact) mass is 428 g/mol. The first kappa shape index (κ1) is 19.6. The molecule has 0 spiro atoms. The van der Waals surface area contributed by atoms with E-state index in [-0.39, 0.29) is 16.4 Å². The van der Waals surface area contributed by atoms with E-state index in [1.165, 1.54) is 16.4 Å². The summed E-state index contributed by atoms with van der Waals surface area (Å²) in [7, 11) is -3.61. The second-order valence-electron chi connectivity index (χ2n) is 5.26. The molecule has 2 aromatic rings. The van der Waals surface area contributed by atoms with Crippen molar-refractivity contribution in [2.24, 2.45) is 0 Å². The molecular weight excluding hydrogens is 408 g/mol. The van der Waals surface area contributed by atoms with Gasteiger partial charge in [-0.15, -0.1) is 0 Å². The van der Waals surface area contributed by atoms with Crippen molar-refractivity contribution in [3.8, 4) is 0 Å². The quantitative estimate of drug-likeness (QED) is 0.697. The van der Waals surface area contributed by atoms with E-state index in [2.05, 4.69) is 26.3 Å². The van der Waals surface area contributed by atoms with Gasteiger partial charge in [-0.05, 0) is 40.2 Å². The maximum absolute atomic E-state index is 12.6. The summed E-state index contributed by atoms with van der Waals surface area (Å²) in [5.41, 5.74) is 0.286. The number of carbonyl (C=O) groups is 1. The summed E-state index contributed by atoms with van der Waals surface area (Å²) in [6.07, 6.45) is 3.47. The van der Waals surface area contributed by atoms with Gasteiger partial charge in [-0.3, -0.25) is 9.48 Å². The van der Waals surface area contributed by atoms with Gasteiger partial charge in [0.15, 0.2) is 0 Å². The van der Waals surface area contributed by atoms with E-state index in [1.807, 2.05) is 0 Å². The molecule has 0 fully saturated rings. The van der Waals surface area contributed by atoms with Gasteiger partial charge in [-0.2, -0.15) is 9.40 Å². The summed E-state index contributed by atoms with van der Waals surface area (Å²) >= 11 is 3.31. The van der Waals surface area contributed by atoms with Gasteiger partial charge in [0, 0.05) is 36.5 Å². The van der Waals surface area contributed by atoms with E-state index in [4.69, 9.17) is 0 Å². The minimum atomic E-state index is -3.61. The van der Waals surface area contributed by atoms with Gasteiger partial charge in [0.25, 0.3) is 5.91 Å². The van der Waals surface area contributed by atoms with Crippen LogP contribution in [-0.2, 0) is 16.6 Å². The van der Waals surface area contributed by atoms with Crippen molar-refractivity contribution in [3.05, 3.63) is 46.7 Å². The summed E-state index contributed by atoms with van der Waals surface area (Å²) in [6, 6.07) is 6.29. The molecule has 0 saturated heterocycles. The molecule has 1 heterocycles. The molecule has 0 bridgehead atoms. The van der Waals surface area contributed by atoms with Gasteiger partial charge in [0.1, 0.15) is 0 Å². The normalized spacial score (nSPS) is 11.7. The summed E-state index contributed by atoms with van der Waals surface area (Å²) < 4.78 is 28.8. The Bertz CT molecular complexity index is 818. The van der Waals surface area contributed by atoms with Gasteiger partial charge >= 0.3 is 0 Å². The number of hydrogen-bond donors (Lipinski definition) is 1. The third-order valence-electron chi connectivity index (χ3n) is 3.71. The number of nitrogens with one attached hydrogen (secondary N) is 1. The molecule has 136 valence electrons. The SMILES string of the molecule is CCN(CC)S(=O)(=O)c1ccc(Br)c(C(=O)NCCn2cccn2)c1. The molecule has 7 nitrogen and oxygen atoms in total. The molecule has 0 aliphatic heterocycles. The molecular formula is C16H21BrN4O3S. The minimum Gasteiger partial charge on any atom is -0.350 e. The van der Waals surface area contributed by atoms with Crippen molar-refractivity contribution in [3.63, 3.8) is 0 Å². The highest BCUT2D eigenvalue weighted by molar-refractivity contribution is 9.10. The highest BCUT2D eigenvalue weighted by Crippen LogP contribution is 2.23. The van der Waals surface area contributed by atoms with Crippen LogP contribution in [0.1, 0.15) is 24.2 Å². The Hall–Kier alpha value is -1.71. The van der Waals surface area contributed by atoms with E-state index < -0.39 is 10.0 Å². The van der Waals surface area contributed by atoms with Crippen LogP contribution in [0.25, 0.3) is 0 Å². The van der Waals surface area contributed by atoms with Crippen LogP contribution in [0.15, 0.2) is 46.0 Å². The van der Waals surface area contributed by atoms with E-state index >= 15 is 0 Å². The molecule has 0 unspecified atom stereocenters. The second kappa shape index (κ2) is 8.59. The molecule has 9 heteroatoms. The molecule has 1 aromatic heterocycles. The van der Waals surface area contributed by atoms with E-state index in [0.29, 0.717) is 30.7 Å².